The summed E-state index contributed by atoms with van der Waals surface area (Å²) in [5, 5.41) is 3.26. The number of nitrogens with zero attached hydrogens (tertiary/aromatic N) is 1. The van der Waals surface area contributed by atoms with Gasteiger partial charge in [-0.05, 0) is 63.0 Å². The van der Waals surface area contributed by atoms with Gasteiger partial charge in [-0.15, -0.1) is 0 Å². The molecular weight excluding hydrogens is 452 g/mol. The molecule has 20 heavy (non-hydrogen) atoms. The number of hydrogen-bond donors (Lipinski definition) is 1. The zero-order valence-electron chi connectivity index (χ0n) is 10.8. The maximum absolute atomic E-state index is 5.84. The molecule has 0 aliphatic rings. The fraction of sp³-hybridized carbons (Fsp3) is 0.214. The number of benzene rings is 1. The molecule has 0 saturated carbocycles. The third kappa shape index (κ3) is 4.20. The molecule has 6 heteroatoms. The van der Waals surface area contributed by atoms with Crippen molar-refractivity contribution >= 4 is 53.5 Å². The molecule has 0 bridgehead atoms. The molecule has 0 spiro atoms. The SMILES string of the molecule is CCNc1ccnc(COc2c(Br)cc(Br)cc2Br)c1. The van der Waals surface area contributed by atoms with Crippen LogP contribution < -0.4 is 10.1 Å². The molecule has 0 atom stereocenters. The van der Waals surface area contributed by atoms with Crippen LogP contribution in [0.1, 0.15) is 12.6 Å². The van der Waals surface area contributed by atoms with Gasteiger partial charge < -0.3 is 10.1 Å². The molecule has 1 heterocycles. The summed E-state index contributed by atoms with van der Waals surface area (Å²) in [6.45, 7) is 3.36. The summed E-state index contributed by atoms with van der Waals surface area (Å²) >= 11 is 10.4. The van der Waals surface area contributed by atoms with Crippen molar-refractivity contribution in [1.82, 2.24) is 4.98 Å². The second kappa shape index (κ2) is 7.43. The Bertz CT molecular complexity index is 582. The summed E-state index contributed by atoms with van der Waals surface area (Å²) in [4.78, 5) is 4.31. The lowest BCUT2D eigenvalue weighted by Gasteiger charge is -2.11. The van der Waals surface area contributed by atoms with Crippen molar-refractivity contribution < 1.29 is 4.74 Å². The van der Waals surface area contributed by atoms with E-state index in [2.05, 4.69) is 65.0 Å². The van der Waals surface area contributed by atoms with Crippen molar-refractivity contribution in [2.45, 2.75) is 13.5 Å². The molecule has 0 aliphatic carbocycles. The lowest BCUT2D eigenvalue weighted by Crippen LogP contribution is -2.02. The summed E-state index contributed by atoms with van der Waals surface area (Å²) < 4.78 is 8.60. The predicted octanol–water partition coefficient (Wildman–Crippen LogP) is 5.38. The first kappa shape index (κ1) is 15.8. The quantitative estimate of drug-likeness (QED) is 0.645. The number of pyridine rings is 1. The molecule has 0 aliphatic heterocycles. The van der Waals surface area contributed by atoms with E-state index >= 15 is 0 Å². The normalized spacial score (nSPS) is 10.4. The number of ether oxygens (including phenoxy) is 1. The van der Waals surface area contributed by atoms with E-state index in [0.29, 0.717) is 6.61 Å². The number of hydrogen-bond acceptors (Lipinski definition) is 3. The predicted molar refractivity (Wildman–Crippen MR) is 92.3 cm³/mol. The van der Waals surface area contributed by atoms with Gasteiger partial charge in [-0.2, -0.15) is 0 Å². The average molecular weight is 465 g/mol. The Morgan fingerprint density at radius 3 is 2.50 bits per heavy atom. The van der Waals surface area contributed by atoms with Crippen LogP contribution in [0, 0.1) is 0 Å². The number of aromatic nitrogens is 1. The monoisotopic (exact) mass is 462 g/mol. The van der Waals surface area contributed by atoms with Crippen LogP contribution in [0.15, 0.2) is 43.9 Å². The summed E-state index contributed by atoms with van der Waals surface area (Å²) in [6.07, 6.45) is 1.78. The first-order chi connectivity index (χ1) is 9.60. The van der Waals surface area contributed by atoms with Gasteiger partial charge in [0.05, 0.1) is 14.6 Å². The smallest absolute Gasteiger partial charge is 0.148 e. The van der Waals surface area contributed by atoms with Crippen molar-refractivity contribution in [3.63, 3.8) is 0 Å². The largest absolute Gasteiger partial charge is 0.485 e. The van der Waals surface area contributed by atoms with Crippen LogP contribution in [0.2, 0.25) is 0 Å². The molecule has 0 saturated heterocycles. The minimum atomic E-state index is 0.415. The third-order valence-corrected chi connectivity index (χ3v) is 4.16. The molecule has 2 aromatic rings. The lowest BCUT2D eigenvalue weighted by molar-refractivity contribution is 0.297. The standard InChI is InChI=1S/C14H13Br3N2O/c1-2-18-10-3-4-19-11(7-10)8-20-14-12(16)5-9(15)6-13(14)17/h3-7H,2,8H2,1H3,(H,18,19). The molecule has 1 aromatic carbocycles. The zero-order chi connectivity index (χ0) is 14.5. The van der Waals surface area contributed by atoms with Gasteiger partial charge in [0.1, 0.15) is 12.4 Å². The Morgan fingerprint density at radius 1 is 1.15 bits per heavy atom. The van der Waals surface area contributed by atoms with Crippen LogP contribution in [0.3, 0.4) is 0 Å². The van der Waals surface area contributed by atoms with E-state index in [9.17, 15) is 0 Å². The lowest BCUT2D eigenvalue weighted by atomic mass is 10.3. The Kier molecular flexibility index (Phi) is 5.86. The molecule has 1 aromatic heterocycles. The highest BCUT2D eigenvalue weighted by Crippen LogP contribution is 2.36. The Hall–Kier alpha value is -0.590. The van der Waals surface area contributed by atoms with Gasteiger partial charge in [0.25, 0.3) is 0 Å². The van der Waals surface area contributed by atoms with E-state index in [1.165, 1.54) is 0 Å². The van der Waals surface area contributed by atoms with Crippen LogP contribution in [-0.2, 0) is 6.61 Å². The Balaban J connectivity index is 2.11. The number of rotatable bonds is 5. The van der Waals surface area contributed by atoms with Crippen LogP contribution in [0.5, 0.6) is 5.75 Å². The van der Waals surface area contributed by atoms with Crippen LogP contribution in [0.25, 0.3) is 0 Å². The fourth-order valence-corrected chi connectivity index (χ4v) is 4.17. The van der Waals surface area contributed by atoms with Gasteiger partial charge >= 0.3 is 0 Å². The van der Waals surface area contributed by atoms with Gasteiger partial charge in [0.15, 0.2) is 0 Å². The molecule has 0 radical (unpaired) electrons. The second-order valence-corrected chi connectivity index (χ2v) is 6.68. The van der Waals surface area contributed by atoms with Crippen molar-refractivity contribution in [2.24, 2.45) is 0 Å². The molecule has 0 amide bonds. The van der Waals surface area contributed by atoms with Gasteiger partial charge in [-0.25, -0.2) is 0 Å². The number of nitrogens with one attached hydrogen (secondary N) is 1. The average Bonchev–Trinajstić information content (AvgIpc) is 2.38. The first-order valence-corrected chi connectivity index (χ1v) is 8.44. The Morgan fingerprint density at radius 2 is 1.85 bits per heavy atom. The van der Waals surface area contributed by atoms with Crippen molar-refractivity contribution in [3.05, 3.63) is 49.6 Å². The summed E-state index contributed by atoms with van der Waals surface area (Å²) in [7, 11) is 0. The van der Waals surface area contributed by atoms with E-state index < -0.39 is 0 Å². The summed E-state index contributed by atoms with van der Waals surface area (Å²) in [5.41, 5.74) is 1.93. The highest BCUT2D eigenvalue weighted by Gasteiger charge is 2.09. The van der Waals surface area contributed by atoms with Crippen molar-refractivity contribution in [3.8, 4) is 5.75 Å². The minimum Gasteiger partial charge on any atom is -0.485 e. The molecule has 2 rings (SSSR count). The van der Waals surface area contributed by atoms with Crippen LogP contribution in [-0.4, -0.2) is 11.5 Å². The number of anilines is 1. The maximum Gasteiger partial charge on any atom is 0.148 e. The summed E-state index contributed by atoms with van der Waals surface area (Å²) in [5.74, 6) is 0.767. The topological polar surface area (TPSA) is 34.2 Å². The van der Waals surface area contributed by atoms with E-state index in [1.807, 2.05) is 24.3 Å². The zero-order valence-corrected chi connectivity index (χ0v) is 15.5. The van der Waals surface area contributed by atoms with Crippen molar-refractivity contribution in [1.29, 1.82) is 0 Å². The van der Waals surface area contributed by atoms with E-state index in [4.69, 9.17) is 4.74 Å². The fourth-order valence-electron chi connectivity index (χ4n) is 1.68. The van der Waals surface area contributed by atoms with E-state index in [0.717, 1.165) is 37.1 Å². The Labute approximate surface area is 143 Å². The third-order valence-electron chi connectivity index (χ3n) is 2.52. The molecule has 106 valence electrons. The number of halogens is 3. The molecule has 3 nitrogen and oxygen atoms in total. The summed E-state index contributed by atoms with van der Waals surface area (Å²) in [6, 6.07) is 7.83. The van der Waals surface area contributed by atoms with Gasteiger partial charge in [-0.3, -0.25) is 4.98 Å². The minimum absolute atomic E-state index is 0.415. The second-order valence-electron chi connectivity index (χ2n) is 4.05. The highest BCUT2D eigenvalue weighted by atomic mass is 79.9. The first-order valence-electron chi connectivity index (χ1n) is 6.06. The van der Waals surface area contributed by atoms with E-state index in [1.54, 1.807) is 6.20 Å². The maximum atomic E-state index is 5.84. The van der Waals surface area contributed by atoms with Gasteiger partial charge in [0, 0.05) is 22.9 Å². The molecule has 0 unspecified atom stereocenters. The van der Waals surface area contributed by atoms with Gasteiger partial charge in [-0.1, -0.05) is 15.9 Å². The molecule has 1 N–H and O–H groups in total. The highest BCUT2D eigenvalue weighted by molar-refractivity contribution is 9.11. The molecular formula is C14H13Br3N2O. The van der Waals surface area contributed by atoms with Crippen LogP contribution >= 0.6 is 47.8 Å². The van der Waals surface area contributed by atoms with Gasteiger partial charge in [0.2, 0.25) is 0 Å². The molecule has 0 fully saturated rings. The van der Waals surface area contributed by atoms with E-state index in [-0.39, 0.29) is 0 Å². The van der Waals surface area contributed by atoms with Crippen molar-refractivity contribution in [2.75, 3.05) is 11.9 Å². The van der Waals surface area contributed by atoms with Crippen LogP contribution in [0.4, 0.5) is 5.69 Å².